The van der Waals surface area contributed by atoms with E-state index in [4.69, 9.17) is 0 Å². The summed E-state index contributed by atoms with van der Waals surface area (Å²) in [6.45, 7) is 2.08. The Labute approximate surface area is 79.4 Å². The van der Waals surface area contributed by atoms with Crippen LogP contribution >= 0.6 is 0 Å². The van der Waals surface area contributed by atoms with Gasteiger partial charge in [-0.2, -0.15) is 0 Å². The van der Waals surface area contributed by atoms with Crippen LogP contribution < -0.4 is 5.32 Å². The van der Waals surface area contributed by atoms with Crippen LogP contribution in [0.2, 0.25) is 0 Å². The van der Waals surface area contributed by atoms with Crippen LogP contribution in [0.25, 0.3) is 0 Å². The molecule has 1 aliphatic rings. The van der Waals surface area contributed by atoms with Crippen LogP contribution in [0.5, 0.6) is 0 Å². The molecule has 0 bridgehead atoms. The van der Waals surface area contributed by atoms with Crippen molar-refractivity contribution in [1.29, 1.82) is 0 Å². The lowest BCUT2D eigenvalue weighted by Gasteiger charge is -2.06. The van der Waals surface area contributed by atoms with E-state index in [1.807, 2.05) is 12.1 Å². The molecule has 0 saturated heterocycles. The number of nitrogens with one attached hydrogen (secondary N) is 1. The summed E-state index contributed by atoms with van der Waals surface area (Å²) in [7, 11) is 0. The molecule has 0 aliphatic carbocycles. The lowest BCUT2D eigenvalue weighted by Crippen LogP contribution is -2.09. The van der Waals surface area contributed by atoms with E-state index in [9.17, 15) is 4.79 Å². The molecule has 1 N–H and O–H groups in total. The Morgan fingerprint density at radius 1 is 1.38 bits per heavy atom. The second-order valence-corrected chi connectivity index (χ2v) is 3.56. The van der Waals surface area contributed by atoms with Crippen LogP contribution in [0, 0.1) is 6.92 Å². The summed E-state index contributed by atoms with van der Waals surface area (Å²) in [6.07, 6.45) is 2.62. The van der Waals surface area contributed by atoms with Crippen LogP contribution in [0.3, 0.4) is 0 Å². The molecule has 1 aromatic carbocycles. The largest absolute Gasteiger partial charge is 0.326 e. The summed E-state index contributed by atoms with van der Waals surface area (Å²) < 4.78 is 0. The molecule has 0 atom stereocenters. The van der Waals surface area contributed by atoms with E-state index in [1.54, 1.807) is 0 Å². The standard InChI is InChI=1S/C11H13NO.H2/c1-8-5-6-10-9(7-8)3-2-4-11(13)12-10;/h5-7H,2-4H2,1H3,(H,12,13);1H. The highest BCUT2D eigenvalue weighted by Crippen LogP contribution is 2.22. The van der Waals surface area contributed by atoms with E-state index in [1.165, 1.54) is 11.1 Å². The van der Waals surface area contributed by atoms with Crippen molar-refractivity contribution in [3.05, 3.63) is 29.3 Å². The maximum atomic E-state index is 11.2. The number of carbonyl (C=O) groups excluding carboxylic acids is 1. The van der Waals surface area contributed by atoms with Gasteiger partial charge >= 0.3 is 0 Å². The van der Waals surface area contributed by atoms with Crippen molar-refractivity contribution in [2.45, 2.75) is 26.2 Å². The zero-order chi connectivity index (χ0) is 9.26. The molecule has 0 fully saturated rings. The highest BCUT2D eigenvalue weighted by molar-refractivity contribution is 5.92. The molecule has 0 saturated carbocycles. The Hall–Kier alpha value is -1.31. The SMILES string of the molecule is Cc1ccc2c(c1)CCCC(=O)N2.[HH]. The van der Waals surface area contributed by atoms with Crippen LogP contribution in [0.4, 0.5) is 5.69 Å². The second kappa shape index (κ2) is 3.21. The third-order valence-corrected chi connectivity index (χ3v) is 2.38. The molecule has 1 aromatic rings. The van der Waals surface area contributed by atoms with Gasteiger partial charge in [0.1, 0.15) is 0 Å². The van der Waals surface area contributed by atoms with E-state index in [-0.39, 0.29) is 7.33 Å². The third kappa shape index (κ3) is 1.72. The Bertz CT molecular complexity index is 349. The molecule has 1 amide bonds. The zero-order valence-corrected chi connectivity index (χ0v) is 7.76. The van der Waals surface area contributed by atoms with E-state index in [0.29, 0.717) is 6.42 Å². The van der Waals surface area contributed by atoms with Gasteiger partial charge in [0.05, 0.1) is 0 Å². The molecule has 13 heavy (non-hydrogen) atoms. The number of aryl methyl sites for hydroxylation is 2. The number of fused-ring (bicyclic) bond motifs is 1. The Kier molecular flexibility index (Phi) is 2.05. The van der Waals surface area contributed by atoms with Gasteiger partial charge in [-0.05, 0) is 31.4 Å². The van der Waals surface area contributed by atoms with Gasteiger partial charge < -0.3 is 5.32 Å². The maximum Gasteiger partial charge on any atom is 0.224 e. The number of benzene rings is 1. The topological polar surface area (TPSA) is 29.1 Å². The summed E-state index contributed by atoms with van der Waals surface area (Å²) in [6, 6.07) is 6.18. The van der Waals surface area contributed by atoms with Gasteiger partial charge in [0.15, 0.2) is 0 Å². The highest BCUT2D eigenvalue weighted by Gasteiger charge is 2.11. The predicted molar refractivity (Wildman–Crippen MR) is 54.9 cm³/mol. The average Bonchev–Trinajstić information content (AvgIpc) is 2.25. The fraction of sp³-hybridized carbons (Fsp3) is 0.364. The van der Waals surface area contributed by atoms with Crippen molar-refractivity contribution >= 4 is 11.6 Å². The third-order valence-electron chi connectivity index (χ3n) is 2.38. The van der Waals surface area contributed by atoms with Gasteiger partial charge in [-0.15, -0.1) is 0 Å². The molecular formula is C11H15NO. The summed E-state index contributed by atoms with van der Waals surface area (Å²) in [4.78, 5) is 11.2. The molecule has 2 nitrogen and oxygen atoms in total. The quantitative estimate of drug-likeness (QED) is 0.648. The van der Waals surface area contributed by atoms with Crippen LogP contribution in [0.15, 0.2) is 18.2 Å². The molecule has 0 aromatic heterocycles. The van der Waals surface area contributed by atoms with E-state index in [0.717, 1.165) is 18.5 Å². The first-order valence-corrected chi connectivity index (χ1v) is 4.65. The minimum atomic E-state index is 0. The van der Waals surface area contributed by atoms with Crippen molar-refractivity contribution in [3.8, 4) is 0 Å². The van der Waals surface area contributed by atoms with Gasteiger partial charge in [-0.1, -0.05) is 17.7 Å². The lowest BCUT2D eigenvalue weighted by atomic mass is 10.1. The molecule has 0 spiro atoms. The van der Waals surface area contributed by atoms with Crippen LogP contribution in [-0.4, -0.2) is 5.91 Å². The van der Waals surface area contributed by atoms with Gasteiger partial charge in [-0.25, -0.2) is 0 Å². The number of amides is 1. The lowest BCUT2D eigenvalue weighted by molar-refractivity contribution is -0.116. The minimum absolute atomic E-state index is 0. The summed E-state index contributed by atoms with van der Waals surface area (Å²) in [5.41, 5.74) is 3.52. The highest BCUT2D eigenvalue weighted by atomic mass is 16.1. The van der Waals surface area contributed by atoms with Crippen molar-refractivity contribution in [2.24, 2.45) is 0 Å². The van der Waals surface area contributed by atoms with Crippen LogP contribution in [-0.2, 0) is 11.2 Å². The number of carbonyl (C=O) groups is 1. The molecular weight excluding hydrogens is 162 g/mol. The molecule has 0 unspecified atom stereocenters. The Balaban J connectivity index is 0.000000980. The van der Waals surface area contributed by atoms with Crippen molar-refractivity contribution < 1.29 is 6.22 Å². The van der Waals surface area contributed by atoms with Gasteiger partial charge in [0.25, 0.3) is 0 Å². The molecule has 0 radical (unpaired) electrons. The fourth-order valence-corrected chi connectivity index (χ4v) is 1.70. The maximum absolute atomic E-state index is 11.2. The number of hydrogen-bond donors (Lipinski definition) is 1. The first-order valence-electron chi connectivity index (χ1n) is 4.65. The van der Waals surface area contributed by atoms with Crippen molar-refractivity contribution in [3.63, 3.8) is 0 Å². The van der Waals surface area contributed by atoms with E-state index in [2.05, 4.69) is 18.3 Å². The first-order chi connectivity index (χ1) is 6.25. The molecule has 70 valence electrons. The van der Waals surface area contributed by atoms with E-state index >= 15 is 0 Å². The Morgan fingerprint density at radius 3 is 3.08 bits per heavy atom. The van der Waals surface area contributed by atoms with Gasteiger partial charge in [0, 0.05) is 13.5 Å². The monoisotopic (exact) mass is 177 g/mol. The number of anilines is 1. The average molecular weight is 177 g/mol. The van der Waals surface area contributed by atoms with Gasteiger partial charge in [-0.3, -0.25) is 4.79 Å². The van der Waals surface area contributed by atoms with E-state index < -0.39 is 0 Å². The second-order valence-electron chi connectivity index (χ2n) is 3.56. The summed E-state index contributed by atoms with van der Waals surface area (Å²) in [5.74, 6) is 0.141. The van der Waals surface area contributed by atoms with Crippen molar-refractivity contribution in [2.75, 3.05) is 5.32 Å². The molecule has 1 heterocycles. The van der Waals surface area contributed by atoms with Crippen LogP contribution in [0.1, 0.15) is 25.4 Å². The zero-order valence-electron chi connectivity index (χ0n) is 7.76. The number of rotatable bonds is 0. The minimum Gasteiger partial charge on any atom is -0.326 e. The smallest absolute Gasteiger partial charge is 0.224 e. The summed E-state index contributed by atoms with van der Waals surface area (Å²) >= 11 is 0. The predicted octanol–water partition coefficient (Wildman–Crippen LogP) is 2.52. The first kappa shape index (κ1) is 8.30. The Morgan fingerprint density at radius 2 is 2.23 bits per heavy atom. The normalized spacial score (nSPS) is 15.9. The fourth-order valence-electron chi connectivity index (χ4n) is 1.70. The van der Waals surface area contributed by atoms with Gasteiger partial charge in [0.2, 0.25) is 5.91 Å². The molecule has 1 aliphatic heterocycles. The molecule has 2 rings (SSSR count). The molecule has 2 heteroatoms. The summed E-state index contributed by atoms with van der Waals surface area (Å²) in [5, 5.41) is 2.91. The van der Waals surface area contributed by atoms with Crippen molar-refractivity contribution in [1.82, 2.24) is 0 Å². The number of hydrogen-bond acceptors (Lipinski definition) is 1.